The first kappa shape index (κ1) is 39.3. The molecule has 4 fully saturated rings. The van der Waals surface area contributed by atoms with Crippen molar-refractivity contribution in [3.63, 3.8) is 0 Å². The third-order valence-electron chi connectivity index (χ3n) is 9.10. The maximum atomic E-state index is 12.5. The molecular weight excluding hydrogens is 648 g/mol. The van der Waals surface area contributed by atoms with E-state index >= 15 is 0 Å². The molecule has 4 rings (SSSR count). The lowest BCUT2D eigenvalue weighted by atomic mass is 9.84. The van der Waals surface area contributed by atoms with Crippen molar-refractivity contribution in [1.29, 1.82) is 0 Å². The number of carbonyl (C=O) groups is 1. The first-order valence-electron chi connectivity index (χ1n) is 16.0. The molecule has 18 N–H and O–H groups in total. The van der Waals surface area contributed by atoms with Crippen molar-refractivity contribution in [2.75, 3.05) is 26.3 Å². The molecule has 0 aromatic heterocycles. The van der Waals surface area contributed by atoms with Gasteiger partial charge in [-0.25, -0.2) is 4.79 Å². The minimum Gasteiger partial charge on any atom is -0.394 e. The van der Waals surface area contributed by atoms with Gasteiger partial charge in [0.1, 0.15) is 73.2 Å². The lowest BCUT2D eigenvalue weighted by molar-refractivity contribution is -0.312. The van der Waals surface area contributed by atoms with Gasteiger partial charge < -0.3 is 103 Å². The number of carbonyl (C=O) groups excluding carboxylic acids is 1. The number of hydrogen-bond donors (Lipinski definition) is 14. The summed E-state index contributed by atoms with van der Waals surface area (Å²) in [5.41, 5.74) is 24.2. The fraction of sp³-hybridized carbons (Fsp3) is 0.963. The van der Waals surface area contributed by atoms with Crippen LogP contribution in [0.2, 0.25) is 0 Å². The highest BCUT2D eigenvalue weighted by atomic mass is 16.8. The summed E-state index contributed by atoms with van der Waals surface area (Å²) in [7, 11) is 0. The standard InChI is InChI=1S/C27H52N6O15/c1-2-3-32-27(42)33-14-19(40)17(38)11(6-34)44-25(14)46-21-9(30)4-8(29)15(36)23(21)48-26-20(41)22(12(7-35)45-26)47-24-13(31)18(39)16(37)10(5-28)43-24/h8-26,34-41H,2-7,28-31H2,1H3,(H2,32,33,42)/t8-,9+,10?,11-,12-,13-,14-,15+,16-,17-,18-,19-,20-,21-,22-,23-,24-,25+,26+/m1/s1. The molecule has 0 spiro atoms. The van der Waals surface area contributed by atoms with Crippen LogP contribution in [-0.4, -0.2) is 189 Å². The van der Waals surface area contributed by atoms with Gasteiger partial charge in [0.05, 0.1) is 25.4 Å². The average molecular weight is 701 g/mol. The van der Waals surface area contributed by atoms with Crippen LogP contribution in [-0.2, 0) is 28.4 Å². The normalized spacial score (nSPS) is 48.3. The minimum absolute atomic E-state index is 0.00851. The molecular formula is C27H52N6O15. The van der Waals surface area contributed by atoms with Crippen LogP contribution >= 0.6 is 0 Å². The van der Waals surface area contributed by atoms with E-state index in [1.165, 1.54) is 0 Å². The molecule has 1 saturated carbocycles. The van der Waals surface area contributed by atoms with Crippen LogP contribution in [0.4, 0.5) is 4.79 Å². The summed E-state index contributed by atoms with van der Waals surface area (Å²) in [4.78, 5) is 12.5. The molecule has 4 aliphatic rings. The third-order valence-corrected chi connectivity index (χ3v) is 9.10. The maximum absolute atomic E-state index is 12.5. The van der Waals surface area contributed by atoms with Crippen LogP contribution in [0.15, 0.2) is 0 Å². The van der Waals surface area contributed by atoms with Gasteiger partial charge in [-0.1, -0.05) is 6.92 Å². The van der Waals surface area contributed by atoms with Gasteiger partial charge in [-0.2, -0.15) is 0 Å². The molecule has 21 heteroatoms. The number of nitrogens with two attached hydrogens (primary N) is 4. The highest BCUT2D eigenvalue weighted by Gasteiger charge is 2.54. The Labute approximate surface area is 276 Å². The number of urea groups is 1. The lowest BCUT2D eigenvalue weighted by Crippen LogP contribution is -2.69. The van der Waals surface area contributed by atoms with Crippen LogP contribution in [0.3, 0.4) is 0 Å². The van der Waals surface area contributed by atoms with Crippen molar-refractivity contribution in [1.82, 2.24) is 10.6 Å². The zero-order valence-corrected chi connectivity index (χ0v) is 26.5. The van der Waals surface area contributed by atoms with Gasteiger partial charge in [0.2, 0.25) is 0 Å². The second kappa shape index (κ2) is 17.2. The maximum Gasteiger partial charge on any atom is 0.315 e. The summed E-state index contributed by atoms with van der Waals surface area (Å²) >= 11 is 0. The van der Waals surface area contributed by atoms with Gasteiger partial charge >= 0.3 is 6.03 Å². The van der Waals surface area contributed by atoms with Gasteiger partial charge in [0, 0.05) is 25.2 Å². The van der Waals surface area contributed by atoms with Crippen LogP contribution in [0.25, 0.3) is 0 Å². The molecule has 0 bridgehead atoms. The molecule has 0 radical (unpaired) electrons. The van der Waals surface area contributed by atoms with Crippen molar-refractivity contribution in [3.05, 3.63) is 0 Å². The number of nitrogens with one attached hydrogen (secondary N) is 2. The predicted molar refractivity (Wildman–Crippen MR) is 159 cm³/mol. The topological polar surface area (TPSA) is 362 Å². The second-order valence-corrected chi connectivity index (χ2v) is 12.5. The molecule has 1 unspecified atom stereocenters. The molecule has 3 saturated heterocycles. The Morgan fingerprint density at radius 3 is 1.92 bits per heavy atom. The second-order valence-electron chi connectivity index (χ2n) is 12.5. The number of amides is 2. The largest absolute Gasteiger partial charge is 0.394 e. The van der Waals surface area contributed by atoms with Crippen molar-refractivity contribution < 1.29 is 74.1 Å². The fourth-order valence-electron chi connectivity index (χ4n) is 6.27. The smallest absolute Gasteiger partial charge is 0.315 e. The van der Waals surface area contributed by atoms with E-state index in [4.69, 9.17) is 51.4 Å². The summed E-state index contributed by atoms with van der Waals surface area (Å²) in [5.74, 6) is 0. The summed E-state index contributed by atoms with van der Waals surface area (Å²) in [5, 5.41) is 89.1. The van der Waals surface area contributed by atoms with Crippen molar-refractivity contribution in [2.45, 2.75) is 136 Å². The third kappa shape index (κ3) is 8.36. The fourth-order valence-corrected chi connectivity index (χ4v) is 6.27. The number of ether oxygens (including phenoxy) is 6. The van der Waals surface area contributed by atoms with Gasteiger partial charge in [-0.05, 0) is 12.8 Å². The molecule has 0 aromatic rings. The van der Waals surface area contributed by atoms with E-state index < -0.39 is 136 Å². The molecule has 3 aliphatic heterocycles. The van der Waals surface area contributed by atoms with E-state index in [2.05, 4.69) is 10.6 Å². The van der Waals surface area contributed by atoms with E-state index in [0.717, 1.165) is 0 Å². The van der Waals surface area contributed by atoms with E-state index in [1.807, 2.05) is 6.92 Å². The molecule has 21 nitrogen and oxygen atoms in total. The zero-order chi connectivity index (χ0) is 35.4. The quantitative estimate of drug-likeness (QED) is 0.0898. The van der Waals surface area contributed by atoms with Gasteiger partial charge in [0.25, 0.3) is 0 Å². The highest BCUT2D eigenvalue weighted by Crippen LogP contribution is 2.34. The van der Waals surface area contributed by atoms with E-state index in [0.29, 0.717) is 13.0 Å². The first-order chi connectivity index (χ1) is 22.8. The molecule has 280 valence electrons. The molecule has 1 aliphatic carbocycles. The van der Waals surface area contributed by atoms with Gasteiger partial charge in [0.15, 0.2) is 18.9 Å². The molecule has 19 atom stereocenters. The molecule has 48 heavy (non-hydrogen) atoms. The number of aliphatic hydroxyl groups is 8. The SMILES string of the molecule is CCCNC(=O)N[C@H]1[C@H](O[C@H]2[C@H](O[C@@H]3O[C@H](CO)[C@@H](O[C@H]4OC(CN)[C@@H](O)[C@H](O)[C@H]4N)[C@H]3O)[C@@H](O)[C@H](N)C[C@@H]2N)O[C@H](CO)[C@@H](O)[C@@H]1O. The van der Waals surface area contributed by atoms with Gasteiger partial charge in [-0.3, -0.25) is 0 Å². The van der Waals surface area contributed by atoms with E-state index in [1.54, 1.807) is 0 Å². The Morgan fingerprint density at radius 2 is 1.29 bits per heavy atom. The molecule has 3 heterocycles. The Balaban J connectivity index is 1.53. The monoisotopic (exact) mass is 700 g/mol. The van der Waals surface area contributed by atoms with Crippen LogP contribution in [0.1, 0.15) is 19.8 Å². The van der Waals surface area contributed by atoms with Crippen molar-refractivity contribution in [3.8, 4) is 0 Å². The summed E-state index contributed by atoms with van der Waals surface area (Å²) in [6.45, 7) is 0.528. The Morgan fingerprint density at radius 1 is 0.708 bits per heavy atom. The predicted octanol–water partition coefficient (Wildman–Crippen LogP) is -8.11. The summed E-state index contributed by atoms with van der Waals surface area (Å²) in [6, 6.07) is -5.29. The zero-order valence-electron chi connectivity index (χ0n) is 26.5. The lowest BCUT2D eigenvalue weighted by Gasteiger charge is -2.47. The Bertz CT molecular complexity index is 1020. The highest BCUT2D eigenvalue weighted by molar-refractivity contribution is 5.74. The number of aliphatic hydroxyl groups excluding tert-OH is 8. The van der Waals surface area contributed by atoms with Crippen LogP contribution < -0.4 is 33.6 Å². The minimum atomic E-state index is -1.67. The van der Waals surface area contributed by atoms with Gasteiger partial charge in [-0.15, -0.1) is 0 Å². The summed E-state index contributed by atoms with van der Waals surface area (Å²) in [6.07, 6.45) is -21.0. The van der Waals surface area contributed by atoms with Crippen molar-refractivity contribution >= 4 is 6.03 Å². The molecule has 2 amide bonds. The van der Waals surface area contributed by atoms with E-state index in [9.17, 15) is 45.6 Å². The van der Waals surface area contributed by atoms with Crippen molar-refractivity contribution in [2.24, 2.45) is 22.9 Å². The Kier molecular flexibility index (Phi) is 14.1. The van der Waals surface area contributed by atoms with E-state index in [-0.39, 0.29) is 13.0 Å². The number of hydrogen-bond acceptors (Lipinski definition) is 19. The van der Waals surface area contributed by atoms with Crippen LogP contribution in [0, 0.1) is 0 Å². The number of rotatable bonds is 12. The summed E-state index contributed by atoms with van der Waals surface area (Å²) < 4.78 is 35.0. The van der Waals surface area contributed by atoms with Crippen LogP contribution in [0.5, 0.6) is 0 Å². The molecule has 0 aromatic carbocycles. The first-order valence-corrected chi connectivity index (χ1v) is 16.0. The average Bonchev–Trinajstić information content (AvgIpc) is 3.36. The Hall–Kier alpha value is -1.45.